The van der Waals surface area contributed by atoms with E-state index in [2.05, 4.69) is 25.5 Å². The van der Waals surface area contributed by atoms with Gasteiger partial charge in [0.2, 0.25) is 5.91 Å². The number of carbonyl (C=O) groups excluding carboxylic acids is 1. The molecule has 0 saturated heterocycles. The lowest BCUT2D eigenvalue weighted by atomic mass is 10.2. The maximum Gasteiger partial charge on any atom is 0.417 e. The number of halogens is 3. The van der Waals surface area contributed by atoms with E-state index in [1.807, 2.05) is 0 Å². The molecule has 5 rings (SSSR count). The monoisotopic (exact) mass is 462 g/mol. The van der Waals surface area contributed by atoms with Gasteiger partial charge in [-0.3, -0.25) is 14.0 Å². The Hall–Kier alpha value is -3.28. The summed E-state index contributed by atoms with van der Waals surface area (Å²) >= 11 is 1.53. The van der Waals surface area contributed by atoms with Crippen molar-refractivity contribution in [2.24, 2.45) is 0 Å². The molecule has 4 heterocycles. The summed E-state index contributed by atoms with van der Waals surface area (Å²) in [5, 5.41) is 11.0. The normalized spacial score (nSPS) is 13.7. The number of hydrogen-bond donors (Lipinski definition) is 2. The second-order valence-corrected chi connectivity index (χ2v) is 8.67. The minimum absolute atomic E-state index is 0.0596. The molecular formula is C20H17F3N6O2S. The number of thiophene rings is 1. The van der Waals surface area contributed by atoms with Crippen molar-refractivity contribution < 1.29 is 18.0 Å². The number of pyridine rings is 1. The average molecular weight is 462 g/mol. The zero-order valence-corrected chi connectivity index (χ0v) is 17.4. The summed E-state index contributed by atoms with van der Waals surface area (Å²) in [6.07, 6.45) is -0.384. The molecule has 1 amide bonds. The first-order valence-corrected chi connectivity index (χ1v) is 10.8. The average Bonchev–Trinajstić information content (AvgIpc) is 3.43. The standard InChI is InChI=1S/C20H17F3N6O2S/c21-20(22,23)10-4-6-14-27-28-15(29(14)9-10)8-24-16(30)7-5-13-25-18(31)17-11-2-1-3-12(11)32-19(17)26-13/h4,6,9H,1-3,5,7-8H2,(H,24,30)(H,25,26,31). The van der Waals surface area contributed by atoms with E-state index in [1.54, 1.807) is 0 Å². The summed E-state index contributed by atoms with van der Waals surface area (Å²) in [5.41, 5.74) is 0.333. The summed E-state index contributed by atoms with van der Waals surface area (Å²) in [7, 11) is 0. The number of aromatic amines is 1. The quantitative estimate of drug-likeness (QED) is 0.475. The van der Waals surface area contributed by atoms with Crippen molar-refractivity contribution in [3.8, 4) is 0 Å². The molecule has 12 heteroatoms. The Morgan fingerprint density at radius 1 is 1.25 bits per heavy atom. The minimum Gasteiger partial charge on any atom is -0.349 e. The first-order chi connectivity index (χ1) is 15.3. The van der Waals surface area contributed by atoms with Crippen LogP contribution in [0.4, 0.5) is 13.2 Å². The lowest BCUT2D eigenvalue weighted by Gasteiger charge is -2.08. The number of carbonyl (C=O) groups is 1. The number of amides is 1. The van der Waals surface area contributed by atoms with Crippen LogP contribution < -0.4 is 10.9 Å². The van der Waals surface area contributed by atoms with E-state index >= 15 is 0 Å². The number of H-pyrrole nitrogens is 1. The topological polar surface area (TPSA) is 105 Å². The third-order valence-corrected chi connectivity index (χ3v) is 6.64. The van der Waals surface area contributed by atoms with Crippen molar-refractivity contribution in [2.45, 2.75) is 44.8 Å². The third-order valence-electron chi connectivity index (χ3n) is 5.46. The first-order valence-electron chi connectivity index (χ1n) is 10.0. The summed E-state index contributed by atoms with van der Waals surface area (Å²) in [5.74, 6) is 0.269. The molecule has 0 unspecified atom stereocenters. The smallest absolute Gasteiger partial charge is 0.349 e. The molecule has 166 valence electrons. The molecule has 4 aromatic rings. The number of aryl methyl sites for hydroxylation is 3. The van der Waals surface area contributed by atoms with E-state index in [-0.39, 0.29) is 42.3 Å². The molecule has 0 aliphatic heterocycles. The van der Waals surface area contributed by atoms with Crippen LogP contribution in [0.15, 0.2) is 23.1 Å². The zero-order valence-electron chi connectivity index (χ0n) is 16.6. The molecule has 4 aromatic heterocycles. The van der Waals surface area contributed by atoms with E-state index in [1.165, 1.54) is 26.7 Å². The summed E-state index contributed by atoms with van der Waals surface area (Å²) in [4.78, 5) is 33.9. The number of hydrogen-bond acceptors (Lipinski definition) is 6. The van der Waals surface area contributed by atoms with Gasteiger partial charge >= 0.3 is 6.18 Å². The van der Waals surface area contributed by atoms with Gasteiger partial charge in [0.25, 0.3) is 5.56 Å². The van der Waals surface area contributed by atoms with Gasteiger partial charge in [-0.1, -0.05) is 0 Å². The van der Waals surface area contributed by atoms with Crippen molar-refractivity contribution in [1.29, 1.82) is 0 Å². The molecule has 0 radical (unpaired) electrons. The molecule has 0 spiro atoms. The van der Waals surface area contributed by atoms with E-state index in [0.29, 0.717) is 16.0 Å². The van der Waals surface area contributed by atoms with Crippen molar-refractivity contribution >= 4 is 33.1 Å². The van der Waals surface area contributed by atoms with Gasteiger partial charge in [0.05, 0.1) is 17.5 Å². The number of aromatic nitrogens is 5. The van der Waals surface area contributed by atoms with Gasteiger partial charge in [-0.05, 0) is 37.0 Å². The minimum atomic E-state index is -4.49. The van der Waals surface area contributed by atoms with Gasteiger partial charge in [0.15, 0.2) is 11.5 Å². The fraction of sp³-hybridized carbons (Fsp3) is 0.350. The van der Waals surface area contributed by atoms with Crippen LogP contribution in [0.5, 0.6) is 0 Å². The molecule has 32 heavy (non-hydrogen) atoms. The fourth-order valence-corrected chi connectivity index (χ4v) is 5.17. The number of fused-ring (bicyclic) bond motifs is 4. The maximum absolute atomic E-state index is 12.9. The SMILES string of the molecule is O=C(CCc1nc2sc3c(c2c(=O)[nH]1)CCC3)NCc1nnc2ccc(C(F)(F)F)cn12. The van der Waals surface area contributed by atoms with Crippen molar-refractivity contribution in [1.82, 2.24) is 29.9 Å². The molecule has 0 saturated carbocycles. The van der Waals surface area contributed by atoms with Crippen LogP contribution in [-0.2, 0) is 36.8 Å². The summed E-state index contributed by atoms with van der Waals surface area (Å²) in [6.45, 7) is -0.0814. The predicted octanol–water partition coefficient (Wildman–Crippen LogP) is 2.78. The predicted molar refractivity (Wildman–Crippen MR) is 110 cm³/mol. The second kappa shape index (κ2) is 7.69. The molecule has 8 nitrogen and oxygen atoms in total. The van der Waals surface area contributed by atoms with Crippen molar-refractivity contribution in [3.05, 3.63) is 56.3 Å². The maximum atomic E-state index is 12.9. The van der Waals surface area contributed by atoms with E-state index in [0.717, 1.165) is 37.1 Å². The zero-order chi connectivity index (χ0) is 22.5. The highest BCUT2D eigenvalue weighted by molar-refractivity contribution is 7.18. The van der Waals surface area contributed by atoms with Crippen LogP contribution in [-0.4, -0.2) is 30.5 Å². The Kier molecular flexibility index (Phi) is 4.96. The highest BCUT2D eigenvalue weighted by atomic mass is 32.1. The molecule has 0 aromatic carbocycles. The van der Waals surface area contributed by atoms with Gasteiger partial charge in [-0.15, -0.1) is 21.5 Å². The number of nitrogens with one attached hydrogen (secondary N) is 2. The summed E-state index contributed by atoms with van der Waals surface area (Å²) in [6, 6.07) is 2.15. The van der Waals surface area contributed by atoms with Gasteiger partial charge < -0.3 is 10.3 Å². The lowest BCUT2D eigenvalue weighted by molar-refractivity contribution is -0.137. The van der Waals surface area contributed by atoms with E-state index < -0.39 is 11.7 Å². The van der Waals surface area contributed by atoms with Gasteiger partial charge in [0, 0.05) is 23.9 Å². The number of alkyl halides is 3. The Bertz CT molecular complexity index is 1400. The van der Waals surface area contributed by atoms with Crippen LogP contribution >= 0.6 is 11.3 Å². The van der Waals surface area contributed by atoms with E-state index in [4.69, 9.17) is 0 Å². The summed E-state index contributed by atoms with van der Waals surface area (Å²) < 4.78 is 40.0. The van der Waals surface area contributed by atoms with Gasteiger partial charge in [-0.25, -0.2) is 4.98 Å². The number of nitrogens with zero attached hydrogens (tertiary/aromatic N) is 4. The van der Waals surface area contributed by atoms with Crippen LogP contribution in [0.2, 0.25) is 0 Å². The molecule has 0 atom stereocenters. The van der Waals surface area contributed by atoms with Crippen LogP contribution in [0.25, 0.3) is 15.9 Å². The fourth-order valence-electron chi connectivity index (χ4n) is 3.89. The molecular weight excluding hydrogens is 445 g/mol. The molecule has 2 N–H and O–H groups in total. The molecule has 1 aliphatic rings. The third kappa shape index (κ3) is 3.74. The second-order valence-electron chi connectivity index (χ2n) is 7.59. The Morgan fingerprint density at radius 3 is 2.91 bits per heavy atom. The van der Waals surface area contributed by atoms with Crippen LogP contribution in [0.1, 0.15) is 40.5 Å². The molecule has 1 aliphatic carbocycles. The van der Waals surface area contributed by atoms with E-state index in [9.17, 15) is 22.8 Å². The lowest BCUT2D eigenvalue weighted by Crippen LogP contribution is -2.25. The Labute approximate surface area is 182 Å². The Balaban J connectivity index is 1.25. The highest BCUT2D eigenvalue weighted by Crippen LogP contribution is 2.34. The van der Waals surface area contributed by atoms with Gasteiger partial charge in [-0.2, -0.15) is 13.2 Å². The molecule has 0 fully saturated rings. The van der Waals surface area contributed by atoms with Crippen molar-refractivity contribution in [3.63, 3.8) is 0 Å². The largest absolute Gasteiger partial charge is 0.417 e. The number of rotatable bonds is 5. The first kappa shape index (κ1) is 20.6. The van der Waals surface area contributed by atoms with Crippen LogP contribution in [0, 0.1) is 0 Å². The van der Waals surface area contributed by atoms with Crippen molar-refractivity contribution in [2.75, 3.05) is 0 Å². The Morgan fingerprint density at radius 2 is 2.09 bits per heavy atom. The highest BCUT2D eigenvalue weighted by Gasteiger charge is 2.31. The molecule has 0 bridgehead atoms. The van der Waals surface area contributed by atoms with Gasteiger partial charge in [0.1, 0.15) is 10.7 Å². The van der Waals surface area contributed by atoms with Crippen LogP contribution in [0.3, 0.4) is 0 Å².